The molecule has 0 aliphatic carbocycles. The minimum absolute atomic E-state index is 0.408. The van der Waals surface area contributed by atoms with Gasteiger partial charge in [0.05, 0.1) is 9.50 Å². The summed E-state index contributed by atoms with van der Waals surface area (Å²) in [5.74, 6) is 1.46. The van der Waals surface area contributed by atoms with Crippen LogP contribution in [0.15, 0.2) is 46.9 Å². The number of hydrogen-bond acceptors (Lipinski definition) is 2. The summed E-state index contributed by atoms with van der Waals surface area (Å²) in [5, 5.41) is 3.99. The molecule has 0 unspecified atom stereocenters. The van der Waals surface area contributed by atoms with E-state index in [4.69, 9.17) is 16.3 Å². The lowest BCUT2D eigenvalue weighted by Crippen LogP contribution is -2.22. The smallest absolute Gasteiger partial charge is 0.150 e. The third-order valence-electron chi connectivity index (χ3n) is 2.80. The van der Waals surface area contributed by atoms with Crippen LogP contribution in [-0.4, -0.2) is 6.04 Å². The van der Waals surface area contributed by atoms with Gasteiger partial charge in [-0.1, -0.05) is 49.7 Å². The van der Waals surface area contributed by atoms with Crippen molar-refractivity contribution in [1.82, 2.24) is 5.32 Å². The standard InChI is InChI=1S/C16H17BrClNO/c1-11(2)19-10-12-6-5-8-14(18)16(12)20-15-9-4-3-7-13(15)17/h3-9,11,19H,10H2,1-2H3. The highest BCUT2D eigenvalue weighted by molar-refractivity contribution is 9.10. The number of benzene rings is 2. The molecule has 0 radical (unpaired) electrons. The molecule has 0 fully saturated rings. The summed E-state index contributed by atoms with van der Waals surface area (Å²) in [7, 11) is 0. The minimum Gasteiger partial charge on any atom is -0.454 e. The molecule has 106 valence electrons. The summed E-state index contributed by atoms with van der Waals surface area (Å²) >= 11 is 9.76. The molecular formula is C16H17BrClNO. The van der Waals surface area contributed by atoms with Gasteiger partial charge >= 0.3 is 0 Å². The fourth-order valence-electron chi connectivity index (χ4n) is 1.76. The third kappa shape index (κ3) is 3.98. The van der Waals surface area contributed by atoms with E-state index in [9.17, 15) is 0 Å². The summed E-state index contributed by atoms with van der Waals surface area (Å²) in [6, 6.07) is 13.9. The highest BCUT2D eigenvalue weighted by Gasteiger charge is 2.11. The molecule has 2 aromatic carbocycles. The predicted octanol–water partition coefficient (Wildman–Crippen LogP) is 5.39. The quantitative estimate of drug-likeness (QED) is 0.777. The topological polar surface area (TPSA) is 21.3 Å². The van der Waals surface area contributed by atoms with E-state index < -0.39 is 0 Å². The van der Waals surface area contributed by atoms with Gasteiger partial charge in [0.2, 0.25) is 0 Å². The number of nitrogens with one attached hydrogen (secondary N) is 1. The molecule has 0 amide bonds. The average Bonchev–Trinajstić information content (AvgIpc) is 2.41. The third-order valence-corrected chi connectivity index (χ3v) is 3.75. The van der Waals surface area contributed by atoms with Gasteiger partial charge in [0.25, 0.3) is 0 Å². The molecule has 0 saturated heterocycles. The van der Waals surface area contributed by atoms with E-state index >= 15 is 0 Å². The lowest BCUT2D eigenvalue weighted by Gasteiger charge is -2.15. The van der Waals surface area contributed by atoms with Crippen LogP contribution in [-0.2, 0) is 6.54 Å². The molecule has 0 bridgehead atoms. The van der Waals surface area contributed by atoms with Crippen molar-refractivity contribution in [2.75, 3.05) is 0 Å². The highest BCUT2D eigenvalue weighted by Crippen LogP contribution is 2.36. The Morgan fingerprint density at radius 3 is 2.60 bits per heavy atom. The number of rotatable bonds is 5. The molecule has 2 nitrogen and oxygen atoms in total. The Hall–Kier alpha value is -1.03. The van der Waals surface area contributed by atoms with E-state index in [0.29, 0.717) is 16.8 Å². The molecule has 0 spiro atoms. The van der Waals surface area contributed by atoms with Crippen LogP contribution >= 0.6 is 27.5 Å². The Balaban J connectivity index is 2.28. The van der Waals surface area contributed by atoms with Crippen LogP contribution in [0.25, 0.3) is 0 Å². The van der Waals surface area contributed by atoms with Crippen molar-refractivity contribution in [3.63, 3.8) is 0 Å². The number of para-hydroxylation sites is 2. The van der Waals surface area contributed by atoms with Crippen molar-refractivity contribution >= 4 is 27.5 Å². The highest BCUT2D eigenvalue weighted by atomic mass is 79.9. The van der Waals surface area contributed by atoms with Crippen LogP contribution in [0.4, 0.5) is 0 Å². The number of halogens is 2. The Bertz CT molecular complexity index is 586. The van der Waals surface area contributed by atoms with Gasteiger partial charge in [-0.15, -0.1) is 0 Å². The lowest BCUT2D eigenvalue weighted by molar-refractivity contribution is 0.467. The zero-order valence-electron chi connectivity index (χ0n) is 11.5. The number of ether oxygens (including phenoxy) is 1. The van der Waals surface area contributed by atoms with Crippen LogP contribution < -0.4 is 10.1 Å². The summed E-state index contributed by atoms with van der Waals surface area (Å²) in [4.78, 5) is 0. The summed E-state index contributed by atoms with van der Waals surface area (Å²) in [6.45, 7) is 4.94. The van der Waals surface area contributed by atoms with Gasteiger partial charge in [0.15, 0.2) is 5.75 Å². The first-order chi connectivity index (χ1) is 9.58. The minimum atomic E-state index is 0.408. The van der Waals surface area contributed by atoms with Gasteiger partial charge in [0, 0.05) is 18.2 Å². The summed E-state index contributed by atoms with van der Waals surface area (Å²) in [6.07, 6.45) is 0. The van der Waals surface area contributed by atoms with Gasteiger partial charge in [-0.05, 0) is 34.1 Å². The molecule has 1 N–H and O–H groups in total. The molecule has 2 rings (SSSR count). The van der Waals surface area contributed by atoms with Gasteiger partial charge in [0.1, 0.15) is 5.75 Å². The van der Waals surface area contributed by atoms with E-state index in [1.165, 1.54) is 0 Å². The maximum atomic E-state index is 6.28. The molecule has 0 saturated carbocycles. The molecule has 0 aliphatic heterocycles. The maximum absolute atomic E-state index is 6.28. The predicted molar refractivity (Wildman–Crippen MR) is 87.6 cm³/mol. The molecule has 0 aromatic heterocycles. The number of hydrogen-bond donors (Lipinski definition) is 1. The van der Waals surface area contributed by atoms with Crippen LogP contribution in [0.5, 0.6) is 11.5 Å². The molecule has 2 aromatic rings. The average molecular weight is 355 g/mol. The summed E-state index contributed by atoms with van der Waals surface area (Å²) < 4.78 is 6.89. The Morgan fingerprint density at radius 2 is 1.90 bits per heavy atom. The van der Waals surface area contributed by atoms with Crippen molar-refractivity contribution in [3.05, 3.63) is 57.5 Å². The van der Waals surface area contributed by atoms with Gasteiger partial charge in [-0.25, -0.2) is 0 Å². The zero-order valence-corrected chi connectivity index (χ0v) is 13.8. The first kappa shape index (κ1) is 15.4. The monoisotopic (exact) mass is 353 g/mol. The molecule has 20 heavy (non-hydrogen) atoms. The molecule has 0 aliphatic rings. The van der Waals surface area contributed by atoms with Crippen LogP contribution in [0.3, 0.4) is 0 Å². The second-order valence-electron chi connectivity index (χ2n) is 4.80. The van der Waals surface area contributed by atoms with Gasteiger partial charge in [-0.2, -0.15) is 0 Å². The second kappa shape index (κ2) is 7.11. The van der Waals surface area contributed by atoms with Crippen LogP contribution in [0.2, 0.25) is 5.02 Å². The largest absolute Gasteiger partial charge is 0.454 e. The normalized spacial score (nSPS) is 10.8. The fraction of sp³-hybridized carbons (Fsp3) is 0.250. The van der Waals surface area contributed by atoms with Crippen molar-refractivity contribution in [3.8, 4) is 11.5 Å². The van der Waals surface area contributed by atoms with Crippen molar-refractivity contribution in [2.45, 2.75) is 26.4 Å². The first-order valence-electron chi connectivity index (χ1n) is 6.51. The molecule has 0 heterocycles. The Morgan fingerprint density at radius 1 is 1.15 bits per heavy atom. The zero-order chi connectivity index (χ0) is 14.5. The molecule has 4 heteroatoms. The van der Waals surface area contributed by atoms with Crippen LogP contribution in [0.1, 0.15) is 19.4 Å². The fourth-order valence-corrected chi connectivity index (χ4v) is 2.36. The van der Waals surface area contributed by atoms with E-state index in [1.807, 2.05) is 42.5 Å². The van der Waals surface area contributed by atoms with Gasteiger partial charge < -0.3 is 10.1 Å². The lowest BCUT2D eigenvalue weighted by atomic mass is 10.2. The van der Waals surface area contributed by atoms with Crippen LogP contribution in [0, 0.1) is 0 Å². The van der Waals surface area contributed by atoms with E-state index in [-0.39, 0.29) is 0 Å². The second-order valence-corrected chi connectivity index (χ2v) is 6.06. The van der Waals surface area contributed by atoms with Gasteiger partial charge in [-0.3, -0.25) is 0 Å². The molecule has 0 atom stereocenters. The van der Waals surface area contributed by atoms with Crippen molar-refractivity contribution < 1.29 is 4.74 Å². The first-order valence-corrected chi connectivity index (χ1v) is 7.68. The maximum Gasteiger partial charge on any atom is 0.150 e. The Kier molecular flexibility index (Phi) is 5.46. The van der Waals surface area contributed by atoms with Crippen molar-refractivity contribution in [1.29, 1.82) is 0 Å². The van der Waals surface area contributed by atoms with E-state index in [0.717, 1.165) is 22.3 Å². The Labute approximate surface area is 133 Å². The molecular weight excluding hydrogens is 338 g/mol. The SMILES string of the molecule is CC(C)NCc1cccc(Cl)c1Oc1ccccc1Br. The van der Waals surface area contributed by atoms with E-state index in [1.54, 1.807) is 0 Å². The summed E-state index contributed by atoms with van der Waals surface area (Å²) in [5.41, 5.74) is 1.04. The van der Waals surface area contributed by atoms with Crippen molar-refractivity contribution in [2.24, 2.45) is 0 Å². The van der Waals surface area contributed by atoms with E-state index in [2.05, 4.69) is 35.1 Å².